The van der Waals surface area contributed by atoms with Gasteiger partial charge in [-0.3, -0.25) is 4.79 Å². The predicted octanol–water partition coefficient (Wildman–Crippen LogP) is 2.28. The maximum absolute atomic E-state index is 12.1. The van der Waals surface area contributed by atoms with E-state index in [4.69, 9.17) is 10.5 Å². The number of aliphatic carboxylic acids is 1. The number of carboxylic acid groups (broad SMARTS) is 1. The molecule has 1 amide bonds. The second-order valence-electron chi connectivity index (χ2n) is 7.47. The average Bonchev–Trinajstić information content (AvgIpc) is 2.61. The molecule has 1 saturated heterocycles. The first-order chi connectivity index (χ1) is 12.8. The molecule has 1 atom stereocenters. The van der Waals surface area contributed by atoms with Crippen molar-refractivity contribution in [3.8, 4) is 5.75 Å². The average molecular weight is 373 g/mol. The zero-order chi connectivity index (χ0) is 19.7. The van der Waals surface area contributed by atoms with Gasteiger partial charge in [0.05, 0.1) is 22.9 Å². The van der Waals surface area contributed by atoms with Gasteiger partial charge in [0.15, 0.2) is 0 Å². The standard InChI is InChI=1S/C20H27N3O4/c1-11(2)19(24)23-9-7-13(8-10-23)27-15-6-4-5-14-17(15)18(21)16(20(25)26)12(3)22-14/h4-6,11-13,22H,7-10,21H2,1-3H3,(H,25,26). The zero-order valence-electron chi connectivity index (χ0n) is 16.0. The van der Waals surface area contributed by atoms with Crippen LogP contribution in [0.2, 0.25) is 0 Å². The van der Waals surface area contributed by atoms with E-state index >= 15 is 0 Å². The van der Waals surface area contributed by atoms with Gasteiger partial charge in [-0.05, 0) is 19.1 Å². The third-order valence-electron chi connectivity index (χ3n) is 5.16. The topological polar surface area (TPSA) is 105 Å². The molecule has 146 valence electrons. The van der Waals surface area contributed by atoms with Gasteiger partial charge in [0.25, 0.3) is 0 Å². The predicted molar refractivity (Wildman–Crippen MR) is 103 cm³/mol. The minimum absolute atomic E-state index is 0.00366. The molecule has 4 N–H and O–H groups in total. The molecule has 2 heterocycles. The quantitative estimate of drug-likeness (QED) is 0.748. The van der Waals surface area contributed by atoms with E-state index in [2.05, 4.69) is 5.32 Å². The maximum Gasteiger partial charge on any atom is 0.335 e. The molecule has 7 nitrogen and oxygen atoms in total. The lowest BCUT2D eigenvalue weighted by molar-refractivity contribution is -0.136. The van der Waals surface area contributed by atoms with Crippen LogP contribution < -0.4 is 15.8 Å². The summed E-state index contributed by atoms with van der Waals surface area (Å²) in [6.07, 6.45) is 1.44. The van der Waals surface area contributed by atoms with Crippen molar-refractivity contribution >= 4 is 23.3 Å². The molecule has 0 saturated carbocycles. The van der Waals surface area contributed by atoms with Crippen LogP contribution >= 0.6 is 0 Å². The van der Waals surface area contributed by atoms with Crippen LogP contribution in [-0.4, -0.2) is 47.1 Å². The number of carbonyl (C=O) groups excluding carboxylic acids is 1. The molecule has 0 spiro atoms. The van der Waals surface area contributed by atoms with E-state index in [-0.39, 0.29) is 35.2 Å². The number of likely N-dealkylation sites (tertiary alicyclic amines) is 1. The number of hydrogen-bond donors (Lipinski definition) is 3. The lowest BCUT2D eigenvalue weighted by Gasteiger charge is -2.34. The van der Waals surface area contributed by atoms with Crippen molar-refractivity contribution in [2.45, 2.75) is 45.8 Å². The number of nitrogens with zero attached hydrogens (tertiary/aromatic N) is 1. The van der Waals surface area contributed by atoms with Crippen LogP contribution in [-0.2, 0) is 9.59 Å². The fraction of sp³-hybridized carbons (Fsp3) is 0.500. The second kappa shape index (κ2) is 7.50. The molecule has 0 aliphatic carbocycles. The summed E-state index contributed by atoms with van der Waals surface area (Å²) in [7, 11) is 0. The van der Waals surface area contributed by atoms with E-state index in [0.29, 0.717) is 24.4 Å². The number of rotatable bonds is 4. The van der Waals surface area contributed by atoms with Crippen molar-refractivity contribution in [1.82, 2.24) is 4.90 Å². The van der Waals surface area contributed by atoms with E-state index in [0.717, 1.165) is 18.5 Å². The maximum atomic E-state index is 12.1. The Morgan fingerprint density at radius 2 is 1.96 bits per heavy atom. The normalized spacial score (nSPS) is 20.3. The molecule has 1 fully saturated rings. The Morgan fingerprint density at radius 1 is 1.30 bits per heavy atom. The van der Waals surface area contributed by atoms with Crippen molar-refractivity contribution in [3.05, 3.63) is 29.3 Å². The molecule has 3 rings (SSSR count). The van der Waals surface area contributed by atoms with Crippen LogP contribution in [0.15, 0.2) is 23.8 Å². The van der Waals surface area contributed by atoms with Gasteiger partial charge in [-0.15, -0.1) is 0 Å². The first kappa shape index (κ1) is 19.1. The Morgan fingerprint density at radius 3 is 2.56 bits per heavy atom. The first-order valence-electron chi connectivity index (χ1n) is 9.38. The van der Waals surface area contributed by atoms with E-state index < -0.39 is 5.97 Å². The van der Waals surface area contributed by atoms with Crippen molar-refractivity contribution in [3.63, 3.8) is 0 Å². The SMILES string of the molecule is CC(C)C(=O)N1CCC(Oc2cccc3c2C(N)=C(C(=O)O)C(C)N3)CC1. The molecule has 27 heavy (non-hydrogen) atoms. The lowest BCUT2D eigenvalue weighted by Crippen LogP contribution is -2.43. The molecule has 0 aromatic heterocycles. The lowest BCUT2D eigenvalue weighted by atomic mass is 9.94. The number of carbonyl (C=O) groups is 2. The molecule has 7 heteroatoms. The molecule has 1 aromatic rings. The Balaban J connectivity index is 1.79. The van der Waals surface area contributed by atoms with Gasteiger partial charge in [-0.2, -0.15) is 0 Å². The van der Waals surface area contributed by atoms with E-state index in [9.17, 15) is 14.7 Å². The molecular formula is C20H27N3O4. The molecular weight excluding hydrogens is 346 g/mol. The van der Waals surface area contributed by atoms with E-state index in [1.165, 1.54) is 0 Å². The highest BCUT2D eigenvalue weighted by molar-refractivity contribution is 6.02. The van der Waals surface area contributed by atoms with Gasteiger partial charge in [-0.1, -0.05) is 19.9 Å². The number of carboxylic acids is 1. The summed E-state index contributed by atoms with van der Waals surface area (Å²) in [5, 5.41) is 12.7. The van der Waals surface area contributed by atoms with Gasteiger partial charge in [0, 0.05) is 37.5 Å². The molecule has 2 aliphatic rings. The second-order valence-corrected chi connectivity index (χ2v) is 7.47. The van der Waals surface area contributed by atoms with Gasteiger partial charge in [-0.25, -0.2) is 4.79 Å². The number of nitrogens with one attached hydrogen (secondary N) is 1. The number of anilines is 1. The van der Waals surface area contributed by atoms with Gasteiger partial charge in [0.2, 0.25) is 5.91 Å². The number of fused-ring (bicyclic) bond motifs is 1. The van der Waals surface area contributed by atoms with Crippen LogP contribution in [0, 0.1) is 5.92 Å². The Labute approximate surface area is 159 Å². The highest BCUT2D eigenvalue weighted by Gasteiger charge is 2.31. The van der Waals surface area contributed by atoms with Crippen molar-refractivity contribution < 1.29 is 19.4 Å². The summed E-state index contributed by atoms with van der Waals surface area (Å²) in [6, 6.07) is 5.17. The summed E-state index contributed by atoms with van der Waals surface area (Å²) >= 11 is 0. The smallest absolute Gasteiger partial charge is 0.335 e. The third-order valence-corrected chi connectivity index (χ3v) is 5.16. The number of nitrogens with two attached hydrogens (primary N) is 1. The Kier molecular flexibility index (Phi) is 5.30. The summed E-state index contributed by atoms with van der Waals surface area (Å²) in [4.78, 5) is 25.6. The van der Waals surface area contributed by atoms with Crippen molar-refractivity contribution in [1.29, 1.82) is 0 Å². The van der Waals surface area contributed by atoms with Gasteiger partial charge < -0.3 is 25.8 Å². The molecule has 0 radical (unpaired) electrons. The molecule has 0 bridgehead atoms. The summed E-state index contributed by atoms with van der Waals surface area (Å²) in [6.45, 7) is 6.91. The highest BCUT2D eigenvalue weighted by Crippen LogP contribution is 2.38. The van der Waals surface area contributed by atoms with E-state index in [1.807, 2.05) is 36.9 Å². The first-order valence-corrected chi connectivity index (χ1v) is 9.38. The minimum atomic E-state index is -1.03. The largest absolute Gasteiger partial charge is 0.490 e. The van der Waals surface area contributed by atoms with Crippen LogP contribution in [0.4, 0.5) is 5.69 Å². The molecule has 1 aromatic carbocycles. The Bertz CT molecular complexity index is 779. The third kappa shape index (κ3) is 3.72. The van der Waals surface area contributed by atoms with Gasteiger partial charge in [0.1, 0.15) is 11.9 Å². The van der Waals surface area contributed by atoms with Crippen LogP contribution in [0.5, 0.6) is 5.75 Å². The van der Waals surface area contributed by atoms with Crippen molar-refractivity contribution in [2.75, 3.05) is 18.4 Å². The van der Waals surface area contributed by atoms with E-state index in [1.54, 1.807) is 6.92 Å². The number of benzene rings is 1. The number of amides is 1. The number of piperidine rings is 1. The van der Waals surface area contributed by atoms with Crippen LogP contribution in [0.3, 0.4) is 0 Å². The molecule has 2 aliphatic heterocycles. The van der Waals surface area contributed by atoms with Gasteiger partial charge >= 0.3 is 5.97 Å². The van der Waals surface area contributed by atoms with Crippen LogP contribution in [0.25, 0.3) is 5.70 Å². The summed E-state index contributed by atoms with van der Waals surface area (Å²) < 4.78 is 6.19. The zero-order valence-corrected chi connectivity index (χ0v) is 16.0. The summed E-state index contributed by atoms with van der Waals surface area (Å²) in [5.74, 6) is -0.289. The number of ether oxygens (including phenoxy) is 1. The highest BCUT2D eigenvalue weighted by atomic mass is 16.5. The van der Waals surface area contributed by atoms with Crippen LogP contribution in [0.1, 0.15) is 39.2 Å². The Hall–Kier alpha value is -2.70. The van der Waals surface area contributed by atoms with Crippen molar-refractivity contribution in [2.24, 2.45) is 11.7 Å². The number of hydrogen-bond acceptors (Lipinski definition) is 5. The molecule has 1 unspecified atom stereocenters. The fourth-order valence-corrected chi connectivity index (χ4v) is 3.74. The summed E-state index contributed by atoms with van der Waals surface area (Å²) in [5.41, 5.74) is 7.98. The minimum Gasteiger partial charge on any atom is -0.490 e. The fourth-order valence-electron chi connectivity index (χ4n) is 3.74. The monoisotopic (exact) mass is 373 g/mol.